The van der Waals surface area contributed by atoms with Gasteiger partial charge in [0.05, 0.1) is 12.3 Å². The number of anilines is 2. The van der Waals surface area contributed by atoms with Crippen LogP contribution in [0.2, 0.25) is 0 Å². The van der Waals surface area contributed by atoms with Crippen molar-refractivity contribution in [2.24, 2.45) is 5.92 Å². The molecular formula is C18H24N4O2. The van der Waals surface area contributed by atoms with E-state index in [-0.39, 0.29) is 5.91 Å². The minimum atomic E-state index is -0.295. The standard InChI is InChI=1S/C18H24N4O2/c1-4-24-16-8-6-5-7-14(16)21-17(23)15-10-12-20-18(22-15)19-11-9-13(2)3/h5-8,10,12-13H,4,9,11H2,1-3H3,(H,21,23)(H,19,20,22). The van der Waals surface area contributed by atoms with Crippen molar-refractivity contribution < 1.29 is 9.53 Å². The molecule has 1 aromatic heterocycles. The number of amides is 1. The van der Waals surface area contributed by atoms with Crippen LogP contribution in [0.15, 0.2) is 36.5 Å². The summed E-state index contributed by atoms with van der Waals surface area (Å²) in [7, 11) is 0. The third-order valence-electron chi connectivity index (χ3n) is 3.33. The molecule has 0 saturated carbocycles. The first kappa shape index (κ1) is 17.7. The predicted molar refractivity (Wildman–Crippen MR) is 95.5 cm³/mol. The number of benzene rings is 1. The highest BCUT2D eigenvalue weighted by molar-refractivity contribution is 6.03. The zero-order valence-electron chi connectivity index (χ0n) is 14.4. The van der Waals surface area contributed by atoms with Crippen LogP contribution < -0.4 is 15.4 Å². The van der Waals surface area contributed by atoms with Crippen LogP contribution in [0, 0.1) is 5.92 Å². The minimum Gasteiger partial charge on any atom is -0.492 e. The van der Waals surface area contributed by atoms with E-state index in [0.29, 0.717) is 35.6 Å². The molecule has 0 aliphatic carbocycles. The van der Waals surface area contributed by atoms with Crippen molar-refractivity contribution in [2.75, 3.05) is 23.8 Å². The van der Waals surface area contributed by atoms with Gasteiger partial charge in [0.1, 0.15) is 11.4 Å². The molecule has 2 aromatic rings. The lowest BCUT2D eigenvalue weighted by molar-refractivity contribution is 0.102. The Hall–Kier alpha value is -2.63. The summed E-state index contributed by atoms with van der Waals surface area (Å²) >= 11 is 0. The van der Waals surface area contributed by atoms with Gasteiger partial charge >= 0.3 is 0 Å². The van der Waals surface area contributed by atoms with Crippen molar-refractivity contribution in [1.29, 1.82) is 0 Å². The van der Waals surface area contributed by atoms with Crippen LogP contribution in [-0.4, -0.2) is 29.0 Å². The Morgan fingerprint density at radius 2 is 2.04 bits per heavy atom. The van der Waals surface area contributed by atoms with Crippen molar-refractivity contribution in [3.63, 3.8) is 0 Å². The van der Waals surface area contributed by atoms with Gasteiger partial charge in [-0.1, -0.05) is 26.0 Å². The van der Waals surface area contributed by atoms with E-state index in [9.17, 15) is 4.79 Å². The molecule has 1 heterocycles. The molecule has 0 fully saturated rings. The monoisotopic (exact) mass is 328 g/mol. The fourth-order valence-corrected chi connectivity index (χ4v) is 2.08. The fraction of sp³-hybridized carbons (Fsp3) is 0.389. The van der Waals surface area contributed by atoms with E-state index in [1.807, 2.05) is 25.1 Å². The maximum absolute atomic E-state index is 12.4. The number of rotatable bonds is 8. The Kier molecular flexibility index (Phi) is 6.54. The van der Waals surface area contributed by atoms with Crippen LogP contribution in [0.1, 0.15) is 37.7 Å². The number of nitrogens with one attached hydrogen (secondary N) is 2. The second kappa shape index (κ2) is 8.86. The molecule has 0 radical (unpaired) electrons. The molecule has 128 valence electrons. The van der Waals surface area contributed by atoms with E-state index in [0.717, 1.165) is 13.0 Å². The van der Waals surface area contributed by atoms with Crippen LogP contribution in [0.4, 0.5) is 11.6 Å². The number of carbonyl (C=O) groups excluding carboxylic acids is 1. The topological polar surface area (TPSA) is 76.1 Å². The first-order chi connectivity index (χ1) is 11.6. The third kappa shape index (κ3) is 5.22. The molecule has 1 aromatic carbocycles. The lowest BCUT2D eigenvalue weighted by Gasteiger charge is -2.11. The van der Waals surface area contributed by atoms with Crippen LogP contribution in [0.3, 0.4) is 0 Å². The van der Waals surface area contributed by atoms with E-state index < -0.39 is 0 Å². The van der Waals surface area contributed by atoms with Crippen molar-refractivity contribution in [3.05, 3.63) is 42.2 Å². The summed E-state index contributed by atoms with van der Waals surface area (Å²) in [5, 5.41) is 5.97. The third-order valence-corrected chi connectivity index (χ3v) is 3.33. The highest BCUT2D eigenvalue weighted by Gasteiger charge is 2.12. The molecule has 2 rings (SSSR count). The lowest BCUT2D eigenvalue weighted by atomic mass is 10.1. The molecular weight excluding hydrogens is 304 g/mol. The van der Waals surface area contributed by atoms with Gasteiger partial charge < -0.3 is 15.4 Å². The maximum atomic E-state index is 12.4. The smallest absolute Gasteiger partial charge is 0.274 e. The second-order valence-electron chi connectivity index (χ2n) is 5.76. The van der Waals surface area contributed by atoms with Crippen LogP contribution in [0.25, 0.3) is 0 Å². The number of aromatic nitrogens is 2. The summed E-state index contributed by atoms with van der Waals surface area (Å²) in [5.41, 5.74) is 0.931. The zero-order chi connectivity index (χ0) is 17.4. The van der Waals surface area contributed by atoms with Crippen molar-refractivity contribution >= 4 is 17.5 Å². The Morgan fingerprint density at radius 3 is 2.79 bits per heavy atom. The summed E-state index contributed by atoms with van der Waals surface area (Å²) in [4.78, 5) is 20.8. The van der Waals surface area contributed by atoms with Crippen LogP contribution >= 0.6 is 0 Å². The molecule has 0 aliphatic heterocycles. The number of carbonyl (C=O) groups is 1. The first-order valence-corrected chi connectivity index (χ1v) is 8.20. The average Bonchev–Trinajstić information content (AvgIpc) is 2.57. The van der Waals surface area contributed by atoms with Gasteiger partial charge in [0.15, 0.2) is 0 Å². The predicted octanol–water partition coefficient (Wildman–Crippen LogP) is 3.59. The van der Waals surface area contributed by atoms with Crippen LogP contribution in [0.5, 0.6) is 5.75 Å². The maximum Gasteiger partial charge on any atom is 0.274 e. The molecule has 24 heavy (non-hydrogen) atoms. The summed E-state index contributed by atoms with van der Waals surface area (Å²) in [6.07, 6.45) is 2.59. The van der Waals surface area contributed by atoms with Gasteiger partial charge in [0.25, 0.3) is 5.91 Å². The summed E-state index contributed by atoms with van der Waals surface area (Å²) < 4.78 is 5.51. The minimum absolute atomic E-state index is 0.295. The largest absolute Gasteiger partial charge is 0.492 e. The fourth-order valence-electron chi connectivity index (χ4n) is 2.08. The summed E-state index contributed by atoms with van der Waals surface area (Å²) in [5.74, 6) is 1.40. The van der Waals surface area contributed by atoms with E-state index >= 15 is 0 Å². The quantitative estimate of drug-likeness (QED) is 0.774. The second-order valence-corrected chi connectivity index (χ2v) is 5.76. The van der Waals surface area contributed by atoms with Gasteiger partial charge in [-0.2, -0.15) is 0 Å². The van der Waals surface area contributed by atoms with Crippen molar-refractivity contribution in [2.45, 2.75) is 27.2 Å². The summed E-state index contributed by atoms with van der Waals surface area (Å²) in [6, 6.07) is 8.91. The SMILES string of the molecule is CCOc1ccccc1NC(=O)c1ccnc(NCCC(C)C)n1. The zero-order valence-corrected chi connectivity index (χ0v) is 14.4. The molecule has 0 atom stereocenters. The van der Waals surface area contributed by atoms with Crippen molar-refractivity contribution in [1.82, 2.24) is 9.97 Å². The molecule has 0 aliphatic rings. The van der Waals surface area contributed by atoms with E-state index in [1.165, 1.54) is 0 Å². The molecule has 2 N–H and O–H groups in total. The molecule has 6 nitrogen and oxygen atoms in total. The molecule has 0 spiro atoms. The van der Waals surface area contributed by atoms with E-state index in [2.05, 4.69) is 34.4 Å². The normalized spacial score (nSPS) is 10.5. The lowest BCUT2D eigenvalue weighted by Crippen LogP contribution is -2.16. The highest BCUT2D eigenvalue weighted by atomic mass is 16.5. The molecule has 6 heteroatoms. The Morgan fingerprint density at radius 1 is 1.25 bits per heavy atom. The van der Waals surface area contributed by atoms with Crippen LogP contribution in [-0.2, 0) is 0 Å². The Labute approximate surface area is 142 Å². The number of hydrogen-bond donors (Lipinski definition) is 2. The number of nitrogens with zero attached hydrogens (tertiary/aromatic N) is 2. The highest BCUT2D eigenvalue weighted by Crippen LogP contribution is 2.24. The van der Waals surface area contributed by atoms with Gasteiger partial charge in [-0.25, -0.2) is 9.97 Å². The summed E-state index contributed by atoms with van der Waals surface area (Å²) in [6.45, 7) is 7.52. The van der Waals surface area contributed by atoms with Gasteiger partial charge in [0.2, 0.25) is 5.95 Å². The first-order valence-electron chi connectivity index (χ1n) is 8.20. The molecule has 0 bridgehead atoms. The van der Waals surface area contributed by atoms with E-state index in [1.54, 1.807) is 18.3 Å². The molecule has 1 amide bonds. The number of para-hydroxylation sites is 2. The Balaban J connectivity index is 2.05. The molecule has 0 unspecified atom stereocenters. The molecule has 0 saturated heterocycles. The average molecular weight is 328 g/mol. The van der Waals surface area contributed by atoms with Gasteiger partial charge in [-0.3, -0.25) is 4.79 Å². The Bertz CT molecular complexity index is 674. The van der Waals surface area contributed by atoms with E-state index in [4.69, 9.17) is 4.74 Å². The van der Waals surface area contributed by atoms with Gasteiger partial charge in [-0.05, 0) is 37.5 Å². The van der Waals surface area contributed by atoms with Crippen molar-refractivity contribution in [3.8, 4) is 5.75 Å². The van der Waals surface area contributed by atoms with Gasteiger partial charge in [-0.15, -0.1) is 0 Å². The number of hydrogen-bond acceptors (Lipinski definition) is 5. The van der Waals surface area contributed by atoms with Gasteiger partial charge in [0, 0.05) is 12.7 Å². The number of ether oxygens (including phenoxy) is 1.